The molecule has 1 aliphatic carbocycles. The zero-order chi connectivity index (χ0) is 18.4. The monoisotopic (exact) mass is 355 g/mol. The van der Waals surface area contributed by atoms with E-state index in [0.717, 1.165) is 31.4 Å². The predicted molar refractivity (Wildman–Crippen MR) is 97.0 cm³/mol. The quantitative estimate of drug-likeness (QED) is 0.864. The van der Waals surface area contributed by atoms with E-state index in [1.165, 1.54) is 24.3 Å². The van der Waals surface area contributed by atoms with Gasteiger partial charge in [-0.2, -0.15) is 0 Å². The van der Waals surface area contributed by atoms with Crippen LogP contribution in [0.3, 0.4) is 0 Å². The van der Waals surface area contributed by atoms with Gasteiger partial charge in [-0.3, -0.25) is 14.6 Å². The molecule has 1 heterocycles. The third-order valence-electron chi connectivity index (χ3n) is 4.82. The molecule has 1 aromatic carbocycles. The van der Waals surface area contributed by atoms with Crippen molar-refractivity contribution in [1.82, 2.24) is 10.3 Å². The lowest BCUT2D eigenvalue weighted by Gasteiger charge is -2.27. The van der Waals surface area contributed by atoms with Crippen molar-refractivity contribution in [1.29, 1.82) is 0 Å². The summed E-state index contributed by atoms with van der Waals surface area (Å²) in [5.74, 6) is -0.131. The molecule has 1 aliphatic rings. The summed E-state index contributed by atoms with van der Waals surface area (Å²) in [5.41, 5.74) is 1.22. The molecule has 2 amide bonds. The van der Waals surface area contributed by atoms with Gasteiger partial charge in [0.2, 0.25) is 5.91 Å². The van der Waals surface area contributed by atoms with Crippen LogP contribution in [0.15, 0.2) is 48.8 Å². The Morgan fingerprint density at radius 1 is 1.00 bits per heavy atom. The molecule has 0 saturated heterocycles. The SMILES string of the molecule is O=C(NC[C@H]1CC[C@H](C(=O)Nc2ccncc2)CC1)c1ccc(F)cc1. The third kappa shape index (κ3) is 4.88. The number of amides is 2. The Kier molecular flexibility index (Phi) is 5.94. The fraction of sp³-hybridized carbons (Fsp3) is 0.350. The van der Waals surface area contributed by atoms with Crippen molar-refractivity contribution in [3.63, 3.8) is 0 Å². The molecule has 1 saturated carbocycles. The number of anilines is 1. The van der Waals surface area contributed by atoms with E-state index in [0.29, 0.717) is 18.0 Å². The van der Waals surface area contributed by atoms with Crippen LogP contribution in [0.4, 0.5) is 10.1 Å². The Labute approximate surface area is 152 Å². The van der Waals surface area contributed by atoms with Gasteiger partial charge in [-0.25, -0.2) is 4.39 Å². The van der Waals surface area contributed by atoms with Crippen molar-refractivity contribution in [2.45, 2.75) is 25.7 Å². The van der Waals surface area contributed by atoms with Gasteiger partial charge in [-0.15, -0.1) is 0 Å². The zero-order valence-electron chi connectivity index (χ0n) is 14.5. The lowest BCUT2D eigenvalue weighted by Crippen LogP contribution is -2.33. The summed E-state index contributed by atoms with van der Waals surface area (Å²) in [7, 11) is 0. The summed E-state index contributed by atoms with van der Waals surface area (Å²) in [6.45, 7) is 0.578. The summed E-state index contributed by atoms with van der Waals surface area (Å²) >= 11 is 0. The zero-order valence-corrected chi connectivity index (χ0v) is 14.5. The van der Waals surface area contributed by atoms with Crippen LogP contribution >= 0.6 is 0 Å². The molecule has 5 nitrogen and oxygen atoms in total. The number of pyridine rings is 1. The molecule has 0 unspecified atom stereocenters. The summed E-state index contributed by atoms with van der Waals surface area (Å²) in [5, 5.41) is 5.83. The molecule has 0 bridgehead atoms. The largest absolute Gasteiger partial charge is 0.352 e. The predicted octanol–water partition coefficient (Wildman–Crippen LogP) is 3.40. The van der Waals surface area contributed by atoms with Gasteiger partial charge in [0.05, 0.1) is 0 Å². The summed E-state index contributed by atoms with van der Waals surface area (Å²) in [6.07, 6.45) is 6.73. The number of rotatable bonds is 5. The molecule has 2 aromatic rings. The molecule has 6 heteroatoms. The molecule has 136 valence electrons. The van der Waals surface area contributed by atoms with E-state index in [4.69, 9.17) is 0 Å². The van der Waals surface area contributed by atoms with E-state index < -0.39 is 0 Å². The number of hydrogen-bond acceptors (Lipinski definition) is 3. The number of carbonyl (C=O) groups is 2. The highest BCUT2D eigenvalue weighted by atomic mass is 19.1. The first-order valence-electron chi connectivity index (χ1n) is 8.86. The van der Waals surface area contributed by atoms with E-state index in [1.54, 1.807) is 24.5 Å². The molecule has 0 spiro atoms. The molecule has 0 aliphatic heterocycles. The number of carbonyl (C=O) groups excluding carboxylic acids is 2. The van der Waals surface area contributed by atoms with Crippen LogP contribution in [-0.2, 0) is 4.79 Å². The minimum atomic E-state index is -0.357. The minimum Gasteiger partial charge on any atom is -0.352 e. The highest BCUT2D eigenvalue weighted by Crippen LogP contribution is 2.29. The van der Waals surface area contributed by atoms with Crippen molar-refractivity contribution in [3.05, 3.63) is 60.2 Å². The van der Waals surface area contributed by atoms with E-state index >= 15 is 0 Å². The van der Waals surface area contributed by atoms with Crippen LogP contribution in [0.5, 0.6) is 0 Å². The van der Waals surface area contributed by atoms with Gasteiger partial charge < -0.3 is 10.6 Å². The first-order valence-corrected chi connectivity index (χ1v) is 8.86. The lowest BCUT2D eigenvalue weighted by molar-refractivity contribution is -0.121. The van der Waals surface area contributed by atoms with Crippen LogP contribution in [0.1, 0.15) is 36.0 Å². The van der Waals surface area contributed by atoms with Crippen LogP contribution < -0.4 is 10.6 Å². The average Bonchev–Trinajstić information content (AvgIpc) is 2.68. The number of nitrogens with one attached hydrogen (secondary N) is 2. The highest BCUT2D eigenvalue weighted by molar-refractivity contribution is 5.94. The molecule has 1 aromatic heterocycles. The highest BCUT2D eigenvalue weighted by Gasteiger charge is 2.26. The Hall–Kier alpha value is -2.76. The van der Waals surface area contributed by atoms with Crippen molar-refractivity contribution in [3.8, 4) is 0 Å². The van der Waals surface area contributed by atoms with Gasteiger partial charge in [-0.05, 0) is 68.0 Å². The van der Waals surface area contributed by atoms with Crippen LogP contribution in [0, 0.1) is 17.7 Å². The van der Waals surface area contributed by atoms with Gasteiger partial charge in [0.1, 0.15) is 5.82 Å². The van der Waals surface area contributed by atoms with Crippen LogP contribution in [0.2, 0.25) is 0 Å². The summed E-state index contributed by atoms with van der Waals surface area (Å²) in [4.78, 5) is 28.3. The maximum Gasteiger partial charge on any atom is 0.251 e. The third-order valence-corrected chi connectivity index (χ3v) is 4.82. The molecule has 3 rings (SSSR count). The van der Waals surface area contributed by atoms with Crippen LogP contribution in [0.25, 0.3) is 0 Å². The number of hydrogen-bond donors (Lipinski definition) is 2. The fourth-order valence-electron chi connectivity index (χ4n) is 3.25. The van der Waals surface area contributed by atoms with Gasteiger partial charge in [0.15, 0.2) is 0 Å². The second kappa shape index (κ2) is 8.56. The van der Waals surface area contributed by atoms with E-state index in [-0.39, 0.29) is 23.5 Å². The molecular formula is C20H22FN3O2. The summed E-state index contributed by atoms with van der Waals surface area (Å²) in [6, 6.07) is 9.06. The average molecular weight is 355 g/mol. The van der Waals surface area contributed by atoms with Crippen molar-refractivity contribution in [2.75, 3.05) is 11.9 Å². The first kappa shape index (κ1) is 18.0. The molecule has 1 fully saturated rings. The lowest BCUT2D eigenvalue weighted by atomic mass is 9.81. The van der Waals surface area contributed by atoms with E-state index in [2.05, 4.69) is 15.6 Å². The van der Waals surface area contributed by atoms with Gasteiger partial charge in [0.25, 0.3) is 5.91 Å². The maximum atomic E-state index is 12.9. The first-order chi connectivity index (χ1) is 12.6. The number of halogens is 1. The Morgan fingerprint density at radius 2 is 1.65 bits per heavy atom. The molecule has 2 N–H and O–H groups in total. The second-order valence-electron chi connectivity index (χ2n) is 6.66. The van der Waals surface area contributed by atoms with Crippen LogP contribution in [-0.4, -0.2) is 23.3 Å². The standard InChI is InChI=1S/C20H22FN3O2/c21-17-7-5-15(6-8-17)19(25)23-13-14-1-3-16(4-2-14)20(26)24-18-9-11-22-12-10-18/h5-12,14,16H,1-4,13H2,(H,23,25)(H,22,24,26)/t14-,16-. The molecule has 0 radical (unpaired) electrons. The van der Waals surface area contributed by atoms with Crippen molar-refractivity contribution >= 4 is 17.5 Å². The van der Waals surface area contributed by atoms with Gasteiger partial charge >= 0.3 is 0 Å². The summed E-state index contributed by atoms with van der Waals surface area (Å²) < 4.78 is 12.9. The number of nitrogens with zero attached hydrogens (tertiary/aromatic N) is 1. The molecule has 26 heavy (non-hydrogen) atoms. The fourth-order valence-corrected chi connectivity index (χ4v) is 3.25. The molecular weight excluding hydrogens is 333 g/mol. The minimum absolute atomic E-state index is 0.00668. The second-order valence-corrected chi connectivity index (χ2v) is 6.66. The molecule has 0 atom stereocenters. The Bertz CT molecular complexity index is 741. The number of aromatic nitrogens is 1. The van der Waals surface area contributed by atoms with E-state index in [1.807, 2.05) is 0 Å². The number of benzene rings is 1. The normalized spacial score (nSPS) is 19.6. The van der Waals surface area contributed by atoms with Gasteiger partial charge in [0, 0.05) is 36.1 Å². The topological polar surface area (TPSA) is 71.1 Å². The maximum absolute atomic E-state index is 12.9. The van der Waals surface area contributed by atoms with E-state index in [9.17, 15) is 14.0 Å². The Morgan fingerprint density at radius 3 is 2.31 bits per heavy atom. The smallest absolute Gasteiger partial charge is 0.251 e. The van der Waals surface area contributed by atoms with Crippen molar-refractivity contribution in [2.24, 2.45) is 11.8 Å². The van der Waals surface area contributed by atoms with Crippen molar-refractivity contribution < 1.29 is 14.0 Å². The Balaban J connectivity index is 1.41. The van der Waals surface area contributed by atoms with Gasteiger partial charge in [-0.1, -0.05) is 0 Å².